The highest BCUT2D eigenvalue weighted by molar-refractivity contribution is 9.11. The van der Waals surface area contributed by atoms with E-state index in [9.17, 15) is 0 Å². The van der Waals surface area contributed by atoms with Gasteiger partial charge in [0.2, 0.25) is 0 Å². The first-order valence-electron chi connectivity index (χ1n) is 6.50. The van der Waals surface area contributed by atoms with Crippen LogP contribution in [0.3, 0.4) is 0 Å². The van der Waals surface area contributed by atoms with Crippen LogP contribution in [-0.4, -0.2) is 23.3 Å². The Bertz CT molecular complexity index is 502. The molecule has 104 valence electrons. The minimum atomic E-state index is 1.01. The van der Waals surface area contributed by atoms with E-state index in [-0.39, 0.29) is 0 Å². The average molecular weight is 360 g/mol. The van der Waals surface area contributed by atoms with Crippen molar-refractivity contribution < 1.29 is 0 Å². The van der Waals surface area contributed by atoms with Crippen molar-refractivity contribution in [1.29, 1.82) is 0 Å². The number of nitrogens with one attached hydrogen (secondary N) is 1. The largest absolute Gasteiger partial charge is 0.317 e. The van der Waals surface area contributed by atoms with Crippen LogP contribution in [0.1, 0.15) is 30.3 Å². The molecule has 0 aromatic carbocycles. The van der Waals surface area contributed by atoms with Crippen LogP contribution in [0.2, 0.25) is 0 Å². The smallest absolute Gasteiger partial charge is 0.157 e. The van der Waals surface area contributed by atoms with Crippen LogP contribution in [-0.2, 0) is 6.42 Å². The number of thiophene rings is 1. The van der Waals surface area contributed by atoms with Gasteiger partial charge in [-0.1, -0.05) is 18.3 Å². The molecule has 2 rings (SSSR count). The second-order valence-electron chi connectivity index (χ2n) is 4.42. The van der Waals surface area contributed by atoms with E-state index in [2.05, 4.69) is 51.4 Å². The van der Waals surface area contributed by atoms with E-state index in [0.29, 0.717) is 0 Å². The molecule has 0 radical (unpaired) electrons. The maximum Gasteiger partial charge on any atom is 0.157 e. The average Bonchev–Trinajstić information content (AvgIpc) is 2.97. The van der Waals surface area contributed by atoms with Crippen LogP contribution in [0.5, 0.6) is 0 Å². The molecule has 0 saturated carbocycles. The van der Waals surface area contributed by atoms with Gasteiger partial charge in [0.05, 0.1) is 8.66 Å². The maximum atomic E-state index is 4.29. The zero-order valence-corrected chi connectivity index (χ0v) is 14.4. The van der Waals surface area contributed by atoms with Crippen molar-refractivity contribution in [2.45, 2.75) is 33.1 Å². The van der Waals surface area contributed by atoms with Gasteiger partial charge in [0.25, 0.3) is 0 Å². The number of aromatic nitrogens is 2. The molecule has 1 N–H and O–H groups in total. The highest BCUT2D eigenvalue weighted by Gasteiger charge is 2.10. The topological polar surface area (TPSA) is 37.8 Å². The summed E-state index contributed by atoms with van der Waals surface area (Å²) >= 11 is 6.99. The molecule has 0 aliphatic heterocycles. The molecule has 3 nitrogen and oxygen atoms in total. The summed E-state index contributed by atoms with van der Waals surface area (Å²) in [6.07, 6.45) is 3.33. The fourth-order valence-electron chi connectivity index (χ4n) is 1.69. The van der Waals surface area contributed by atoms with Crippen molar-refractivity contribution in [2.24, 2.45) is 0 Å². The van der Waals surface area contributed by atoms with Gasteiger partial charge in [-0.3, -0.25) is 0 Å². The minimum Gasteiger partial charge on any atom is -0.317 e. The first-order chi connectivity index (χ1) is 9.20. The highest BCUT2D eigenvalue weighted by Crippen LogP contribution is 2.36. The SMILES string of the molecule is CCCNCCCc1nnc(-c2cc(C)c(Br)s2)s1. The first kappa shape index (κ1) is 15.1. The molecule has 0 bridgehead atoms. The van der Waals surface area contributed by atoms with Crippen LogP contribution in [0.15, 0.2) is 9.85 Å². The summed E-state index contributed by atoms with van der Waals surface area (Å²) in [4.78, 5) is 1.21. The number of aryl methyl sites for hydroxylation is 2. The molecule has 6 heteroatoms. The zero-order valence-electron chi connectivity index (χ0n) is 11.2. The minimum absolute atomic E-state index is 1.01. The molecule has 0 aliphatic rings. The fraction of sp³-hybridized carbons (Fsp3) is 0.538. The van der Waals surface area contributed by atoms with Gasteiger partial charge < -0.3 is 5.32 Å². The van der Waals surface area contributed by atoms with Crippen LogP contribution < -0.4 is 5.32 Å². The van der Waals surface area contributed by atoms with E-state index < -0.39 is 0 Å². The van der Waals surface area contributed by atoms with Gasteiger partial charge in [0.1, 0.15) is 5.01 Å². The van der Waals surface area contributed by atoms with Crippen LogP contribution in [0.25, 0.3) is 9.88 Å². The lowest BCUT2D eigenvalue weighted by molar-refractivity contribution is 0.637. The third-order valence-electron chi connectivity index (χ3n) is 2.71. The molecular weight excluding hydrogens is 342 g/mol. The van der Waals surface area contributed by atoms with E-state index in [1.807, 2.05) is 0 Å². The molecule has 0 spiro atoms. The Morgan fingerprint density at radius 3 is 2.79 bits per heavy atom. The molecule has 19 heavy (non-hydrogen) atoms. The van der Waals surface area contributed by atoms with Gasteiger partial charge in [-0.2, -0.15) is 0 Å². The third kappa shape index (κ3) is 4.34. The lowest BCUT2D eigenvalue weighted by Crippen LogP contribution is -2.16. The molecule has 0 fully saturated rings. The van der Waals surface area contributed by atoms with Crippen molar-refractivity contribution >= 4 is 38.6 Å². The molecule has 2 aromatic rings. The van der Waals surface area contributed by atoms with E-state index in [0.717, 1.165) is 35.9 Å². The van der Waals surface area contributed by atoms with Gasteiger partial charge in [-0.25, -0.2) is 0 Å². The highest BCUT2D eigenvalue weighted by atomic mass is 79.9. The third-order valence-corrected chi connectivity index (χ3v) is 5.99. The van der Waals surface area contributed by atoms with Crippen LogP contribution in [0, 0.1) is 6.92 Å². The van der Waals surface area contributed by atoms with Gasteiger partial charge in [0, 0.05) is 6.42 Å². The molecule has 2 aromatic heterocycles. The van der Waals surface area contributed by atoms with Crippen molar-refractivity contribution in [3.63, 3.8) is 0 Å². The fourth-order valence-corrected chi connectivity index (χ4v) is 4.14. The Morgan fingerprint density at radius 1 is 1.26 bits per heavy atom. The number of halogens is 1. The molecule has 0 unspecified atom stereocenters. The van der Waals surface area contributed by atoms with Crippen LogP contribution >= 0.6 is 38.6 Å². The standard InChI is InChI=1S/C13H18BrN3S2/c1-3-6-15-7-4-5-11-16-17-13(19-11)10-8-9(2)12(14)18-10/h8,15H,3-7H2,1-2H3. The monoisotopic (exact) mass is 359 g/mol. The zero-order chi connectivity index (χ0) is 13.7. The van der Waals surface area contributed by atoms with Gasteiger partial charge in [-0.05, 0) is 60.4 Å². The number of hydrogen-bond donors (Lipinski definition) is 1. The van der Waals surface area contributed by atoms with Gasteiger partial charge in [0.15, 0.2) is 5.01 Å². The molecule has 2 heterocycles. The van der Waals surface area contributed by atoms with E-state index >= 15 is 0 Å². The molecule has 0 saturated heterocycles. The first-order valence-corrected chi connectivity index (χ1v) is 8.92. The van der Waals surface area contributed by atoms with Crippen molar-refractivity contribution in [3.8, 4) is 9.88 Å². The predicted molar refractivity (Wildman–Crippen MR) is 87.1 cm³/mol. The van der Waals surface area contributed by atoms with Gasteiger partial charge >= 0.3 is 0 Å². The van der Waals surface area contributed by atoms with Crippen molar-refractivity contribution in [2.75, 3.05) is 13.1 Å². The summed E-state index contributed by atoms with van der Waals surface area (Å²) in [6, 6.07) is 2.17. The molecule has 0 amide bonds. The molecular formula is C13H18BrN3S2. The van der Waals surface area contributed by atoms with E-state index in [4.69, 9.17) is 0 Å². The summed E-state index contributed by atoms with van der Waals surface area (Å²) < 4.78 is 1.18. The van der Waals surface area contributed by atoms with Crippen molar-refractivity contribution in [1.82, 2.24) is 15.5 Å². The quantitative estimate of drug-likeness (QED) is 0.750. The number of hydrogen-bond acceptors (Lipinski definition) is 5. The van der Waals surface area contributed by atoms with Crippen molar-refractivity contribution in [3.05, 3.63) is 20.4 Å². The second kappa shape index (κ2) is 7.47. The summed E-state index contributed by atoms with van der Waals surface area (Å²) in [5.74, 6) is 0. The summed E-state index contributed by atoms with van der Waals surface area (Å²) in [7, 11) is 0. The Kier molecular flexibility index (Phi) is 5.94. The number of nitrogens with zero attached hydrogens (tertiary/aromatic N) is 2. The maximum absolute atomic E-state index is 4.29. The Hall–Kier alpha value is -0.300. The molecule has 0 aliphatic carbocycles. The summed E-state index contributed by atoms with van der Waals surface area (Å²) in [6.45, 7) is 6.45. The normalized spacial score (nSPS) is 11.1. The Labute approximate surface area is 130 Å². The van der Waals surface area contributed by atoms with E-state index in [1.165, 1.54) is 20.6 Å². The van der Waals surface area contributed by atoms with E-state index in [1.54, 1.807) is 22.7 Å². The summed E-state index contributed by atoms with van der Waals surface area (Å²) in [5, 5.41) is 14.2. The Morgan fingerprint density at radius 2 is 2.11 bits per heavy atom. The lowest BCUT2D eigenvalue weighted by Gasteiger charge is -1.99. The molecule has 0 atom stereocenters. The lowest BCUT2D eigenvalue weighted by atomic mass is 10.3. The number of rotatable bonds is 7. The van der Waals surface area contributed by atoms with Crippen LogP contribution in [0.4, 0.5) is 0 Å². The van der Waals surface area contributed by atoms with Gasteiger partial charge in [-0.15, -0.1) is 21.5 Å². The summed E-state index contributed by atoms with van der Waals surface area (Å²) in [5.41, 5.74) is 1.26. The second-order valence-corrected chi connectivity index (χ2v) is 7.85. The Balaban J connectivity index is 1.88. The predicted octanol–water partition coefficient (Wildman–Crippen LogP) is 4.27.